The van der Waals surface area contributed by atoms with Crippen LogP contribution >= 0.6 is 11.8 Å². The van der Waals surface area contributed by atoms with Crippen molar-refractivity contribution in [3.63, 3.8) is 0 Å². The molecule has 1 fully saturated rings. The lowest BCUT2D eigenvalue weighted by Gasteiger charge is -2.14. The van der Waals surface area contributed by atoms with Gasteiger partial charge in [0.25, 0.3) is 0 Å². The van der Waals surface area contributed by atoms with Gasteiger partial charge in [-0.2, -0.15) is 0 Å². The van der Waals surface area contributed by atoms with Gasteiger partial charge in [0, 0.05) is 12.8 Å². The third kappa shape index (κ3) is 4.98. The van der Waals surface area contributed by atoms with Gasteiger partial charge in [0.2, 0.25) is 11.8 Å². The molecular weight excluding hydrogens is 358 g/mol. The van der Waals surface area contributed by atoms with Crippen molar-refractivity contribution in [2.24, 2.45) is 0 Å². The van der Waals surface area contributed by atoms with Crippen LogP contribution in [0.1, 0.15) is 18.9 Å². The minimum atomic E-state index is -0.406. The first-order chi connectivity index (χ1) is 13.2. The van der Waals surface area contributed by atoms with E-state index in [0.29, 0.717) is 5.69 Å². The number of amides is 2. The van der Waals surface area contributed by atoms with E-state index in [1.165, 1.54) is 22.2 Å². The van der Waals surface area contributed by atoms with Crippen molar-refractivity contribution in [3.05, 3.63) is 66.2 Å². The monoisotopic (exact) mass is 382 g/mol. The maximum atomic E-state index is 12.8. The Morgan fingerprint density at radius 2 is 1.78 bits per heavy atom. The summed E-state index contributed by atoms with van der Waals surface area (Å²) >= 11 is 1.40. The van der Waals surface area contributed by atoms with Gasteiger partial charge in [-0.05, 0) is 36.4 Å². The highest BCUT2D eigenvalue weighted by molar-refractivity contribution is 8.14. The van der Waals surface area contributed by atoms with Gasteiger partial charge in [0.05, 0.1) is 18.8 Å². The van der Waals surface area contributed by atoms with Crippen LogP contribution in [0, 0.1) is 0 Å². The number of hydrogen-bond donors (Lipinski definition) is 2. The fraction of sp³-hybridized carbons (Fsp3) is 0.286. The Balaban J connectivity index is 1.65. The van der Waals surface area contributed by atoms with E-state index in [1.807, 2.05) is 43.3 Å². The van der Waals surface area contributed by atoms with Crippen LogP contribution in [-0.4, -0.2) is 35.3 Å². The molecule has 1 atom stereocenters. The normalized spacial score (nSPS) is 17.4. The molecule has 0 aliphatic carbocycles. The summed E-state index contributed by atoms with van der Waals surface area (Å²) in [6.07, 6.45) is 1.11. The number of carbonyl (C=O) groups is 2. The molecule has 140 valence electrons. The van der Waals surface area contributed by atoms with E-state index >= 15 is 0 Å². The highest BCUT2D eigenvalue weighted by atomic mass is 32.2. The Kier molecular flexibility index (Phi) is 6.65. The second-order valence-corrected chi connectivity index (χ2v) is 7.45. The first-order valence-electron chi connectivity index (χ1n) is 9.16. The molecule has 5 nitrogen and oxygen atoms in total. The van der Waals surface area contributed by atoms with Crippen LogP contribution in [0.2, 0.25) is 0 Å². The molecule has 0 radical (unpaired) electrons. The largest absolute Gasteiger partial charge is 0.304 e. The molecular formula is C21H24N3O2S+. The van der Waals surface area contributed by atoms with Crippen LogP contribution in [0.25, 0.3) is 0 Å². The van der Waals surface area contributed by atoms with Crippen LogP contribution < -0.4 is 15.2 Å². The second-order valence-electron chi connectivity index (χ2n) is 6.24. The van der Waals surface area contributed by atoms with E-state index in [-0.39, 0.29) is 18.2 Å². The van der Waals surface area contributed by atoms with Crippen molar-refractivity contribution in [1.82, 2.24) is 5.32 Å². The summed E-state index contributed by atoms with van der Waals surface area (Å²) in [4.78, 5) is 29.8. The van der Waals surface area contributed by atoms with Gasteiger partial charge in [-0.3, -0.25) is 19.9 Å². The van der Waals surface area contributed by atoms with Crippen molar-refractivity contribution in [2.75, 3.05) is 18.0 Å². The topological polar surface area (TPSA) is 63.4 Å². The number of rotatable bonds is 6. The van der Waals surface area contributed by atoms with Crippen LogP contribution in [0.5, 0.6) is 0 Å². The molecule has 1 heterocycles. The van der Waals surface area contributed by atoms with Gasteiger partial charge in [-0.1, -0.05) is 48.5 Å². The summed E-state index contributed by atoms with van der Waals surface area (Å²) in [6, 6.07) is 19.4. The van der Waals surface area contributed by atoms with Crippen LogP contribution in [0.3, 0.4) is 0 Å². The van der Waals surface area contributed by atoms with Gasteiger partial charge in [-0.15, -0.1) is 0 Å². The Bertz CT molecular complexity index is 809. The minimum Gasteiger partial charge on any atom is -0.274 e. The van der Waals surface area contributed by atoms with Crippen molar-refractivity contribution in [3.8, 4) is 0 Å². The average Bonchev–Trinajstić information content (AvgIpc) is 2.96. The minimum absolute atomic E-state index is 0.149. The Labute approximate surface area is 163 Å². The maximum Gasteiger partial charge on any atom is 0.304 e. The number of imide groups is 1. The summed E-state index contributed by atoms with van der Waals surface area (Å²) in [6.45, 7) is 3.52. The number of benzene rings is 2. The predicted molar refractivity (Wildman–Crippen MR) is 110 cm³/mol. The van der Waals surface area contributed by atoms with E-state index in [4.69, 9.17) is 0 Å². The predicted octanol–water partition coefficient (Wildman–Crippen LogP) is 1.34. The van der Waals surface area contributed by atoms with E-state index < -0.39 is 5.25 Å². The summed E-state index contributed by atoms with van der Waals surface area (Å²) in [5.74, 6) is -0.305. The van der Waals surface area contributed by atoms with Crippen LogP contribution in [-0.2, 0) is 16.0 Å². The maximum absolute atomic E-state index is 12.8. The lowest BCUT2D eigenvalue weighted by molar-refractivity contribution is -0.455. The lowest BCUT2D eigenvalue weighted by atomic mass is 10.2. The SMILES string of the molecule is CCNC(=[NH+]CCc1ccccc1)S[C@H]1CC(=O)N(c2ccccc2)C1=O. The molecule has 6 heteroatoms. The summed E-state index contributed by atoms with van der Waals surface area (Å²) < 4.78 is 0. The van der Waals surface area contributed by atoms with Crippen LogP contribution in [0.15, 0.2) is 60.7 Å². The first-order valence-corrected chi connectivity index (χ1v) is 10.0. The zero-order valence-electron chi connectivity index (χ0n) is 15.4. The highest BCUT2D eigenvalue weighted by Crippen LogP contribution is 2.29. The third-order valence-corrected chi connectivity index (χ3v) is 5.44. The zero-order valence-corrected chi connectivity index (χ0v) is 16.2. The molecule has 1 saturated heterocycles. The van der Waals surface area contributed by atoms with Crippen molar-refractivity contribution < 1.29 is 14.6 Å². The molecule has 0 aromatic heterocycles. The Morgan fingerprint density at radius 1 is 1.11 bits per heavy atom. The van der Waals surface area contributed by atoms with E-state index in [2.05, 4.69) is 22.4 Å². The van der Waals surface area contributed by atoms with Crippen molar-refractivity contribution in [1.29, 1.82) is 0 Å². The smallest absolute Gasteiger partial charge is 0.274 e. The number of nitrogens with zero attached hydrogens (tertiary/aromatic N) is 1. The molecule has 1 aliphatic heterocycles. The Morgan fingerprint density at radius 3 is 2.44 bits per heavy atom. The molecule has 2 amide bonds. The fourth-order valence-electron chi connectivity index (χ4n) is 2.96. The Hall–Kier alpha value is -2.60. The van der Waals surface area contributed by atoms with Gasteiger partial charge < -0.3 is 0 Å². The zero-order chi connectivity index (χ0) is 19.1. The summed E-state index contributed by atoms with van der Waals surface area (Å²) in [5, 5.41) is 3.71. The fourth-order valence-corrected chi connectivity index (χ4v) is 4.09. The number of amidine groups is 1. The molecule has 27 heavy (non-hydrogen) atoms. The number of thioether (sulfide) groups is 1. The number of anilines is 1. The number of para-hydroxylation sites is 1. The van der Waals surface area contributed by atoms with Crippen molar-refractivity contribution in [2.45, 2.75) is 25.0 Å². The molecule has 3 rings (SSSR count). The summed E-state index contributed by atoms with van der Waals surface area (Å²) in [7, 11) is 0. The standard InChI is InChI=1S/C21H23N3O2S/c1-2-22-21(23-14-13-16-9-5-3-6-10-16)27-18-15-19(25)24(20(18)26)17-11-7-4-8-12-17/h3-12,18H,2,13-15H2,1H3,(H,22,23)/p+1/t18-/m0/s1. The highest BCUT2D eigenvalue weighted by Gasteiger charge is 2.41. The van der Waals surface area contributed by atoms with E-state index in [0.717, 1.165) is 24.7 Å². The number of nitrogens with one attached hydrogen (secondary N) is 2. The molecule has 2 aromatic carbocycles. The number of carbonyl (C=O) groups excluding carboxylic acids is 2. The molecule has 0 unspecified atom stereocenters. The molecule has 0 spiro atoms. The molecule has 2 aromatic rings. The van der Waals surface area contributed by atoms with Gasteiger partial charge in [-0.25, -0.2) is 4.90 Å². The van der Waals surface area contributed by atoms with Gasteiger partial charge in [0.15, 0.2) is 0 Å². The quantitative estimate of drug-likeness (QED) is 0.450. The number of hydrogen-bond acceptors (Lipinski definition) is 3. The van der Waals surface area contributed by atoms with E-state index in [1.54, 1.807) is 12.1 Å². The van der Waals surface area contributed by atoms with Crippen molar-refractivity contribution >= 4 is 34.4 Å². The molecule has 0 bridgehead atoms. The van der Waals surface area contributed by atoms with Crippen LogP contribution in [0.4, 0.5) is 5.69 Å². The molecule has 2 N–H and O–H groups in total. The van der Waals surface area contributed by atoms with Gasteiger partial charge >= 0.3 is 5.17 Å². The molecule has 0 saturated carbocycles. The van der Waals surface area contributed by atoms with Gasteiger partial charge in [0.1, 0.15) is 5.25 Å². The molecule has 1 aliphatic rings. The van der Waals surface area contributed by atoms with E-state index in [9.17, 15) is 9.59 Å². The third-order valence-electron chi connectivity index (χ3n) is 4.26. The lowest BCUT2D eigenvalue weighted by Crippen LogP contribution is -2.76. The average molecular weight is 383 g/mol. The summed E-state index contributed by atoms with van der Waals surface area (Å²) in [5.41, 5.74) is 1.89. The second kappa shape index (κ2) is 9.37. The first kappa shape index (κ1) is 19.2.